The van der Waals surface area contributed by atoms with Gasteiger partial charge in [0.15, 0.2) is 5.82 Å². The van der Waals surface area contributed by atoms with Crippen molar-refractivity contribution in [2.75, 3.05) is 13.1 Å². The fourth-order valence-corrected chi connectivity index (χ4v) is 4.37. The van der Waals surface area contributed by atoms with Gasteiger partial charge in [-0.15, -0.1) is 0 Å². The molecular formula is C15H18FN3O3S. The first kappa shape index (κ1) is 16.1. The van der Waals surface area contributed by atoms with Gasteiger partial charge in [0.05, 0.1) is 11.7 Å². The summed E-state index contributed by atoms with van der Waals surface area (Å²) >= 11 is 0. The Balaban J connectivity index is 1.73. The lowest BCUT2D eigenvalue weighted by Gasteiger charge is -2.30. The van der Waals surface area contributed by atoms with Crippen molar-refractivity contribution in [1.29, 1.82) is 0 Å². The van der Waals surface area contributed by atoms with Crippen LogP contribution in [0.3, 0.4) is 0 Å². The van der Waals surface area contributed by atoms with Gasteiger partial charge in [-0.3, -0.25) is 0 Å². The van der Waals surface area contributed by atoms with E-state index < -0.39 is 10.0 Å². The van der Waals surface area contributed by atoms with Gasteiger partial charge in [-0.05, 0) is 37.5 Å². The predicted molar refractivity (Wildman–Crippen MR) is 81.6 cm³/mol. The van der Waals surface area contributed by atoms with E-state index in [1.54, 1.807) is 6.92 Å². The second-order valence-corrected chi connectivity index (χ2v) is 7.73. The normalized spacial score (nSPS) is 19.8. The number of aryl methyl sites for hydroxylation is 1. The van der Waals surface area contributed by atoms with Crippen LogP contribution in [0.15, 0.2) is 28.8 Å². The summed E-state index contributed by atoms with van der Waals surface area (Å²) < 4.78 is 44.7. The molecule has 0 saturated carbocycles. The van der Waals surface area contributed by atoms with Gasteiger partial charge in [-0.25, -0.2) is 17.1 Å². The Bertz CT molecular complexity index is 774. The maximum atomic E-state index is 12.9. The van der Waals surface area contributed by atoms with Crippen LogP contribution in [0.5, 0.6) is 0 Å². The average Bonchev–Trinajstić information content (AvgIpc) is 2.96. The molecular weight excluding hydrogens is 321 g/mol. The van der Waals surface area contributed by atoms with Gasteiger partial charge >= 0.3 is 0 Å². The molecule has 1 fully saturated rings. The molecule has 23 heavy (non-hydrogen) atoms. The molecule has 1 aromatic heterocycles. The molecule has 0 aliphatic carbocycles. The van der Waals surface area contributed by atoms with Gasteiger partial charge in [0.25, 0.3) is 0 Å². The summed E-state index contributed by atoms with van der Waals surface area (Å²) in [5, 5.41) is 3.77. The van der Waals surface area contributed by atoms with Gasteiger partial charge in [0.1, 0.15) is 5.82 Å². The molecule has 1 aromatic carbocycles. The molecule has 1 aliphatic heterocycles. The largest absolute Gasteiger partial charge is 0.339 e. The lowest BCUT2D eigenvalue weighted by molar-refractivity contribution is 0.265. The Morgan fingerprint density at radius 2 is 2.09 bits per heavy atom. The number of sulfonamides is 1. The first-order chi connectivity index (χ1) is 10.9. The van der Waals surface area contributed by atoms with Crippen molar-refractivity contribution in [2.24, 2.45) is 0 Å². The highest BCUT2D eigenvalue weighted by Gasteiger charge is 2.32. The van der Waals surface area contributed by atoms with E-state index in [0.717, 1.165) is 12.8 Å². The minimum atomic E-state index is -3.46. The van der Waals surface area contributed by atoms with Gasteiger partial charge in [0, 0.05) is 13.1 Å². The third kappa shape index (κ3) is 3.76. The van der Waals surface area contributed by atoms with Crippen molar-refractivity contribution in [3.05, 3.63) is 47.4 Å². The number of halogens is 1. The maximum absolute atomic E-state index is 12.9. The molecule has 1 aliphatic rings. The first-order valence-electron chi connectivity index (χ1n) is 7.46. The van der Waals surface area contributed by atoms with E-state index in [1.807, 2.05) is 0 Å². The van der Waals surface area contributed by atoms with Crippen LogP contribution in [0.4, 0.5) is 4.39 Å². The van der Waals surface area contributed by atoms with E-state index in [9.17, 15) is 12.8 Å². The molecule has 1 atom stereocenters. The number of piperidine rings is 1. The smallest absolute Gasteiger partial charge is 0.231 e. The molecule has 0 amide bonds. The van der Waals surface area contributed by atoms with Crippen molar-refractivity contribution < 1.29 is 17.3 Å². The minimum Gasteiger partial charge on any atom is -0.339 e. The fourth-order valence-electron chi connectivity index (χ4n) is 2.76. The highest BCUT2D eigenvalue weighted by Crippen LogP contribution is 2.28. The predicted octanol–water partition coefficient (Wildman–Crippen LogP) is 2.23. The van der Waals surface area contributed by atoms with E-state index >= 15 is 0 Å². The quantitative estimate of drug-likeness (QED) is 0.854. The SMILES string of the molecule is Cc1noc([C@@H]2CCCN(S(=O)(=O)Cc3ccc(F)cc3)C2)n1. The van der Waals surface area contributed by atoms with Gasteiger partial charge in [-0.2, -0.15) is 4.98 Å². The summed E-state index contributed by atoms with van der Waals surface area (Å²) in [7, 11) is -3.46. The third-order valence-corrected chi connectivity index (χ3v) is 5.75. The lowest BCUT2D eigenvalue weighted by Crippen LogP contribution is -2.39. The van der Waals surface area contributed by atoms with Crippen LogP contribution < -0.4 is 0 Å². The number of nitrogens with zero attached hydrogens (tertiary/aromatic N) is 3. The zero-order valence-electron chi connectivity index (χ0n) is 12.8. The monoisotopic (exact) mass is 339 g/mol. The first-order valence-corrected chi connectivity index (χ1v) is 9.07. The van der Waals surface area contributed by atoms with E-state index in [1.165, 1.54) is 28.6 Å². The van der Waals surface area contributed by atoms with Crippen LogP contribution in [0, 0.1) is 12.7 Å². The van der Waals surface area contributed by atoms with Crippen LogP contribution in [0.1, 0.15) is 36.0 Å². The van der Waals surface area contributed by atoms with E-state index in [0.29, 0.717) is 30.4 Å². The number of hydrogen-bond donors (Lipinski definition) is 0. The van der Waals surface area contributed by atoms with Gasteiger partial charge in [0.2, 0.25) is 15.9 Å². The molecule has 0 N–H and O–H groups in total. The zero-order chi connectivity index (χ0) is 16.4. The molecule has 0 spiro atoms. The Morgan fingerprint density at radius 1 is 1.35 bits per heavy atom. The second-order valence-electron chi connectivity index (χ2n) is 5.76. The summed E-state index contributed by atoms with van der Waals surface area (Å²) in [6.07, 6.45) is 1.57. The standard InChI is InChI=1S/C15H18FN3O3S/c1-11-17-15(22-18-11)13-3-2-8-19(9-13)23(20,21)10-12-4-6-14(16)7-5-12/h4-7,13H,2-3,8-10H2,1H3/t13-/m1/s1. The topological polar surface area (TPSA) is 76.3 Å². The summed E-state index contributed by atoms with van der Waals surface area (Å²) in [4.78, 5) is 4.20. The molecule has 8 heteroatoms. The minimum absolute atomic E-state index is 0.0760. The Hall–Kier alpha value is -1.80. The van der Waals surface area contributed by atoms with Crippen molar-refractivity contribution in [2.45, 2.75) is 31.4 Å². The molecule has 3 rings (SSSR count). The van der Waals surface area contributed by atoms with E-state index in [4.69, 9.17) is 4.52 Å². The summed E-state index contributed by atoms with van der Waals surface area (Å²) in [5.41, 5.74) is 0.571. The summed E-state index contributed by atoms with van der Waals surface area (Å²) in [5.74, 6) is 0.447. The van der Waals surface area contributed by atoms with Crippen LogP contribution in [0.2, 0.25) is 0 Å². The van der Waals surface area contributed by atoms with Crippen LogP contribution in [-0.4, -0.2) is 36.0 Å². The van der Waals surface area contributed by atoms with E-state index in [-0.39, 0.29) is 17.5 Å². The van der Waals surface area contributed by atoms with E-state index in [2.05, 4.69) is 10.1 Å². The molecule has 0 bridgehead atoms. The Kier molecular flexibility index (Phi) is 4.45. The zero-order valence-corrected chi connectivity index (χ0v) is 13.6. The maximum Gasteiger partial charge on any atom is 0.231 e. The van der Waals surface area contributed by atoms with Crippen LogP contribution in [-0.2, 0) is 15.8 Å². The lowest BCUT2D eigenvalue weighted by atomic mass is 10.00. The average molecular weight is 339 g/mol. The van der Waals surface area contributed by atoms with Gasteiger partial charge < -0.3 is 4.52 Å². The van der Waals surface area contributed by atoms with Crippen LogP contribution >= 0.6 is 0 Å². The molecule has 0 unspecified atom stereocenters. The molecule has 2 heterocycles. The highest BCUT2D eigenvalue weighted by molar-refractivity contribution is 7.88. The van der Waals surface area contributed by atoms with Crippen molar-refractivity contribution in [3.63, 3.8) is 0 Å². The van der Waals surface area contributed by atoms with Crippen molar-refractivity contribution in [3.8, 4) is 0 Å². The second kappa shape index (κ2) is 6.37. The summed E-state index contributed by atoms with van der Waals surface area (Å²) in [6, 6.07) is 5.53. The van der Waals surface area contributed by atoms with Crippen molar-refractivity contribution in [1.82, 2.24) is 14.4 Å². The molecule has 0 radical (unpaired) electrons. The number of aromatic nitrogens is 2. The number of rotatable bonds is 4. The molecule has 6 nitrogen and oxygen atoms in total. The van der Waals surface area contributed by atoms with Crippen molar-refractivity contribution >= 4 is 10.0 Å². The number of benzene rings is 1. The highest BCUT2D eigenvalue weighted by atomic mass is 32.2. The summed E-state index contributed by atoms with van der Waals surface area (Å²) in [6.45, 7) is 2.55. The van der Waals surface area contributed by atoms with Crippen LogP contribution in [0.25, 0.3) is 0 Å². The fraction of sp³-hybridized carbons (Fsp3) is 0.467. The molecule has 2 aromatic rings. The molecule has 124 valence electrons. The Labute approximate surface area is 134 Å². The Morgan fingerprint density at radius 3 is 2.74 bits per heavy atom. The number of hydrogen-bond acceptors (Lipinski definition) is 5. The third-order valence-electron chi connectivity index (χ3n) is 3.93. The van der Waals surface area contributed by atoms with Gasteiger partial charge in [-0.1, -0.05) is 17.3 Å². The molecule has 1 saturated heterocycles.